The van der Waals surface area contributed by atoms with E-state index in [1.807, 2.05) is 6.07 Å². The third kappa shape index (κ3) is 5.29. The molecule has 5 rings (SSSR count). The second-order valence-electron chi connectivity index (χ2n) is 9.01. The van der Waals surface area contributed by atoms with E-state index in [1.54, 1.807) is 34.2 Å². The van der Waals surface area contributed by atoms with E-state index >= 15 is 0 Å². The molecule has 8 heteroatoms. The summed E-state index contributed by atoms with van der Waals surface area (Å²) < 4.78 is 1.80. The summed E-state index contributed by atoms with van der Waals surface area (Å²) in [6.45, 7) is 6.91. The second-order valence-corrected chi connectivity index (χ2v) is 10.8. The number of pyridine rings is 1. The number of rotatable bonds is 6. The van der Waals surface area contributed by atoms with Crippen molar-refractivity contribution in [2.75, 3.05) is 49.7 Å². The summed E-state index contributed by atoms with van der Waals surface area (Å²) in [5, 5.41) is 6.60. The molecule has 3 aromatic rings. The van der Waals surface area contributed by atoms with Crippen molar-refractivity contribution in [3.05, 3.63) is 86.8 Å². The van der Waals surface area contributed by atoms with Crippen LogP contribution in [0.3, 0.4) is 0 Å². The molecule has 1 fully saturated rings. The average Bonchev–Trinajstić information content (AvgIpc) is 2.87. The number of nitrogens with one attached hydrogen (secondary N) is 1. The highest BCUT2D eigenvalue weighted by Gasteiger charge is 2.16. The number of aryl methyl sites for hydroxylation is 1. The molecule has 3 heterocycles. The molecule has 0 spiro atoms. The van der Waals surface area contributed by atoms with E-state index in [4.69, 9.17) is 4.99 Å². The third-order valence-corrected chi connectivity index (χ3v) is 8.37. The van der Waals surface area contributed by atoms with E-state index in [2.05, 4.69) is 83.2 Å². The Kier molecular flexibility index (Phi) is 7.22. The molecule has 1 atom stereocenters. The van der Waals surface area contributed by atoms with Crippen molar-refractivity contribution in [2.24, 2.45) is 4.99 Å². The number of hydrogen-bond acceptors (Lipinski definition) is 7. The van der Waals surface area contributed by atoms with Crippen LogP contribution in [0.4, 0.5) is 11.4 Å². The molecule has 2 aliphatic rings. The van der Waals surface area contributed by atoms with Gasteiger partial charge in [0.2, 0.25) is 0 Å². The first-order valence-corrected chi connectivity index (χ1v) is 14.0. The van der Waals surface area contributed by atoms with Crippen LogP contribution < -0.4 is 26.5 Å². The molecular formula is C27H31N5OS2. The molecule has 182 valence electrons. The minimum Gasteiger partial charge on any atom is -0.369 e. The van der Waals surface area contributed by atoms with Crippen molar-refractivity contribution in [3.8, 4) is 0 Å². The summed E-state index contributed by atoms with van der Waals surface area (Å²) in [4.78, 5) is 23.9. The molecule has 6 nitrogen and oxygen atoms in total. The van der Waals surface area contributed by atoms with Crippen molar-refractivity contribution in [2.45, 2.75) is 23.9 Å². The topological polar surface area (TPSA) is 52.9 Å². The highest BCUT2D eigenvalue weighted by atomic mass is 32.2. The number of benzene rings is 2. The van der Waals surface area contributed by atoms with Gasteiger partial charge in [-0.2, -0.15) is 0 Å². The molecule has 0 radical (unpaired) electrons. The average molecular weight is 506 g/mol. The minimum atomic E-state index is -0.193. The van der Waals surface area contributed by atoms with E-state index in [1.165, 1.54) is 21.7 Å². The van der Waals surface area contributed by atoms with Crippen molar-refractivity contribution in [1.29, 1.82) is 0 Å². The number of piperazine rings is 1. The molecule has 2 aliphatic heterocycles. The Balaban J connectivity index is 1.39. The smallest absolute Gasteiger partial charge is 0.252 e. The lowest BCUT2D eigenvalue weighted by Gasteiger charge is -2.34. The quantitative estimate of drug-likeness (QED) is 0.520. The van der Waals surface area contributed by atoms with E-state index in [0.717, 1.165) is 42.6 Å². The number of anilines is 2. The van der Waals surface area contributed by atoms with Crippen LogP contribution in [-0.4, -0.2) is 54.4 Å². The Bertz CT molecular complexity index is 1380. The maximum Gasteiger partial charge on any atom is 0.252 e. The van der Waals surface area contributed by atoms with Crippen LogP contribution >= 0.6 is 23.5 Å². The minimum absolute atomic E-state index is 0.0293. The number of hydrogen-bond donors (Lipinski definition) is 1. The van der Waals surface area contributed by atoms with Crippen LogP contribution in [0.25, 0.3) is 5.41 Å². The standard InChI is InChI=1S/C27H31N5OS2/c1-19-5-4-6-24(34-3)23(19)17-32-25(33)12-7-20-18-35-27(29-26(20)32)28-21-8-10-22(11-9-21)31-15-13-30(2)14-16-31/h4-12,18,27-28H,13-17H2,1-3H3. The fraction of sp³-hybridized carbons (Fsp3) is 0.333. The van der Waals surface area contributed by atoms with Gasteiger partial charge in [0.25, 0.3) is 5.56 Å². The van der Waals surface area contributed by atoms with E-state index in [0.29, 0.717) is 6.54 Å². The maximum absolute atomic E-state index is 12.9. The van der Waals surface area contributed by atoms with Gasteiger partial charge in [-0.05, 0) is 73.2 Å². The largest absolute Gasteiger partial charge is 0.369 e. The van der Waals surface area contributed by atoms with Crippen molar-refractivity contribution in [1.82, 2.24) is 9.47 Å². The molecule has 1 saturated heterocycles. The number of aromatic nitrogens is 1. The molecular weight excluding hydrogens is 474 g/mol. The lowest BCUT2D eigenvalue weighted by atomic mass is 10.1. The molecule has 1 aromatic heterocycles. The zero-order chi connectivity index (χ0) is 24.4. The van der Waals surface area contributed by atoms with Crippen molar-refractivity contribution >= 4 is 40.3 Å². The molecule has 35 heavy (non-hydrogen) atoms. The van der Waals surface area contributed by atoms with Crippen LogP contribution in [0, 0.1) is 6.92 Å². The van der Waals surface area contributed by atoms with E-state index in [-0.39, 0.29) is 11.1 Å². The summed E-state index contributed by atoms with van der Waals surface area (Å²) in [6.07, 6.45) is 2.07. The lowest BCUT2D eigenvalue weighted by Crippen LogP contribution is -2.45. The fourth-order valence-corrected chi connectivity index (χ4v) is 6.03. The Labute approximate surface area is 214 Å². The summed E-state index contributed by atoms with van der Waals surface area (Å²) in [5.74, 6) is 0. The Morgan fingerprint density at radius 3 is 2.57 bits per heavy atom. The monoisotopic (exact) mass is 505 g/mol. The number of thioether (sulfide) groups is 2. The zero-order valence-corrected chi connectivity index (χ0v) is 22.0. The van der Waals surface area contributed by atoms with Gasteiger partial charge in [0, 0.05) is 53.7 Å². The molecule has 0 amide bonds. The SMILES string of the molecule is CSc1cccc(C)c1Cn1c(=O)ccc2c1=NC(Nc1ccc(N3CCN(C)CC3)cc1)SC=2. The number of nitrogens with zero attached hydrogens (tertiary/aromatic N) is 4. The summed E-state index contributed by atoms with van der Waals surface area (Å²) in [5.41, 5.74) is 5.15. The lowest BCUT2D eigenvalue weighted by molar-refractivity contribution is 0.313. The van der Waals surface area contributed by atoms with Gasteiger partial charge in [-0.25, -0.2) is 4.99 Å². The van der Waals surface area contributed by atoms with Gasteiger partial charge < -0.3 is 15.1 Å². The van der Waals surface area contributed by atoms with Crippen LogP contribution in [0.15, 0.2) is 69.3 Å². The second kappa shape index (κ2) is 10.5. The Morgan fingerprint density at radius 1 is 1.06 bits per heavy atom. The Morgan fingerprint density at radius 2 is 1.83 bits per heavy atom. The molecule has 1 unspecified atom stereocenters. The predicted octanol–water partition coefficient (Wildman–Crippen LogP) is 3.18. The first-order valence-electron chi connectivity index (χ1n) is 11.9. The van der Waals surface area contributed by atoms with E-state index in [9.17, 15) is 4.79 Å². The molecule has 0 saturated carbocycles. The van der Waals surface area contributed by atoms with Gasteiger partial charge in [0.15, 0.2) is 5.50 Å². The van der Waals surface area contributed by atoms with Crippen LogP contribution in [0.5, 0.6) is 0 Å². The third-order valence-electron chi connectivity index (χ3n) is 6.68. The van der Waals surface area contributed by atoms with Crippen molar-refractivity contribution in [3.63, 3.8) is 0 Å². The van der Waals surface area contributed by atoms with Crippen LogP contribution in [-0.2, 0) is 6.54 Å². The summed E-state index contributed by atoms with van der Waals surface area (Å²) >= 11 is 3.34. The zero-order valence-electron chi connectivity index (χ0n) is 20.4. The van der Waals surface area contributed by atoms with Crippen LogP contribution in [0.2, 0.25) is 0 Å². The molecule has 1 N–H and O–H groups in total. The van der Waals surface area contributed by atoms with E-state index < -0.39 is 0 Å². The molecule has 0 aliphatic carbocycles. The molecule has 0 bridgehead atoms. The first kappa shape index (κ1) is 24.0. The normalized spacial score (nSPS) is 17.9. The van der Waals surface area contributed by atoms with Gasteiger partial charge in [0.05, 0.1) is 6.54 Å². The predicted molar refractivity (Wildman–Crippen MR) is 149 cm³/mol. The van der Waals surface area contributed by atoms with Crippen LogP contribution in [0.1, 0.15) is 11.1 Å². The summed E-state index contributed by atoms with van der Waals surface area (Å²) in [6, 6.07) is 18.4. The molecule has 2 aromatic carbocycles. The van der Waals surface area contributed by atoms with Crippen molar-refractivity contribution < 1.29 is 0 Å². The summed E-state index contributed by atoms with van der Waals surface area (Å²) in [7, 11) is 2.17. The number of fused-ring (bicyclic) bond motifs is 1. The van der Waals surface area contributed by atoms with Gasteiger partial charge in [-0.1, -0.05) is 23.9 Å². The number of likely N-dealkylation sites (N-methyl/N-ethyl adjacent to an activating group) is 1. The van der Waals surface area contributed by atoms with Gasteiger partial charge >= 0.3 is 0 Å². The van der Waals surface area contributed by atoms with Gasteiger partial charge in [-0.3, -0.25) is 9.36 Å². The maximum atomic E-state index is 12.9. The highest BCUT2D eigenvalue weighted by Crippen LogP contribution is 2.25. The first-order chi connectivity index (χ1) is 17.0. The fourth-order valence-electron chi connectivity index (χ4n) is 4.52. The Hall–Kier alpha value is -2.68. The van der Waals surface area contributed by atoms with Gasteiger partial charge in [0.1, 0.15) is 5.49 Å². The van der Waals surface area contributed by atoms with Gasteiger partial charge in [-0.15, -0.1) is 11.8 Å². The highest BCUT2D eigenvalue weighted by molar-refractivity contribution is 8.07.